The van der Waals surface area contributed by atoms with Crippen molar-refractivity contribution in [1.29, 1.82) is 0 Å². The Morgan fingerprint density at radius 2 is 1.95 bits per heavy atom. The third-order valence-corrected chi connectivity index (χ3v) is 6.11. The summed E-state index contributed by atoms with van der Waals surface area (Å²) in [7, 11) is -4.04. The van der Waals surface area contributed by atoms with Crippen molar-refractivity contribution in [3.63, 3.8) is 0 Å². The van der Waals surface area contributed by atoms with Crippen LogP contribution in [0.4, 0.5) is 0 Å². The van der Waals surface area contributed by atoms with Crippen LogP contribution in [-0.4, -0.2) is 30.0 Å². The molecule has 0 saturated carbocycles. The molecule has 0 saturated heterocycles. The van der Waals surface area contributed by atoms with Crippen molar-refractivity contribution in [3.05, 3.63) is 15.4 Å². The molecule has 0 unspecified atom stereocenters. The average Bonchev–Trinajstić information content (AvgIpc) is 2.66. The Morgan fingerprint density at radius 3 is 2.26 bits per heavy atom. The number of hydrogen-bond acceptors (Lipinski definition) is 5. The number of carboxylic acids is 1. The Kier molecular flexibility index (Phi) is 4.54. The largest absolute Gasteiger partial charge is 0.480 e. The van der Waals surface area contributed by atoms with E-state index in [9.17, 15) is 23.1 Å². The summed E-state index contributed by atoms with van der Waals surface area (Å²) in [5.74, 6) is -1.23. The molecule has 7 nitrogen and oxygen atoms in total. The summed E-state index contributed by atoms with van der Waals surface area (Å²) in [6.45, 7) is 4.63. The summed E-state index contributed by atoms with van der Waals surface area (Å²) in [5, 5.41) is 9.22. The van der Waals surface area contributed by atoms with Crippen LogP contribution in [0.5, 0.6) is 0 Å². The molecule has 0 aliphatic carbocycles. The Balaban J connectivity index is 3.26. The SMILES string of the molecule is CCC(CC)(NS(=O)(=O)c1sc(=O)[nH]c1C)C(=O)O. The normalized spacial score (nSPS) is 12.6. The zero-order chi connectivity index (χ0) is 14.8. The second-order valence-electron chi connectivity index (χ2n) is 4.13. The maximum absolute atomic E-state index is 12.2. The van der Waals surface area contributed by atoms with Crippen LogP contribution in [0, 0.1) is 6.92 Å². The molecular weight excluding hydrogens is 292 g/mol. The smallest absolute Gasteiger partial charge is 0.324 e. The summed E-state index contributed by atoms with van der Waals surface area (Å²) in [6, 6.07) is 0. The standard InChI is InChI=1S/C10H16N2O5S2/c1-4-10(5-2,8(13)14)12-19(16,17)7-6(3)11-9(15)18-7/h12H,4-5H2,1-3H3,(H,11,15)(H,13,14). The summed E-state index contributed by atoms with van der Waals surface area (Å²) in [4.78, 5) is 24.3. The molecule has 3 N–H and O–H groups in total. The number of rotatable bonds is 6. The van der Waals surface area contributed by atoms with Gasteiger partial charge in [-0.25, -0.2) is 8.42 Å². The summed E-state index contributed by atoms with van der Waals surface area (Å²) in [6.07, 6.45) is 0.215. The van der Waals surface area contributed by atoms with E-state index >= 15 is 0 Å². The lowest BCUT2D eigenvalue weighted by Crippen LogP contribution is -2.53. The van der Waals surface area contributed by atoms with Crippen LogP contribution in [-0.2, 0) is 14.8 Å². The van der Waals surface area contributed by atoms with E-state index in [0.717, 1.165) is 0 Å². The minimum absolute atomic E-state index is 0.108. The molecule has 0 spiro atoms. The first-order valence-electron chi connectivity index (χ1n) is 5.65. The molecule has 1 heterocycles. The number of aliphatic carboxylic acids is 1. The highest BCUT2D eigenvalue weighted by Crippen LogP contribution is 2.22. The number of H-pyrrole nitrogens is 1. The van der Waals surface area contributed by atoms with Gasteiger partial charge in [0.2, 0.25) is 0 Å². The van der Waals surface area contributed by atoms with Crippen molar-refractivity contribution in [2.24, 2.45) is 0 Å². The molecule has 0 bridgehead atoms. The third-order valence-electron chi connectivity index (χ3n) is 2.97. The van der Waals surface area contributed by atoms with Crippen molar-refractivity contribution in [2.45, 2.75) is 43.4 Å². The quantitative estimate of drug-likeness (QED) is 0.714. The van der Waals surface area contributed by atoms with E-state index in [2.05, 4.69) is 9.71 Å². The molecular formula is C10H16N2O5S2. The van der Waals surface area contributed by atoms with Crippen molar-refractivity contribution < 1.29 is 18.3 Å². The predicted molar refractivity (Wildman–Crippen MR) is 70.9 cm³/mol. The van der Waals surface area contributed by atoms with E-state index in [-0.39, 0.29) is 22.7 Å². The minimum atomic E-state index is -4.04. The second kappa shape index (κ2) is 5.43. The molecule has 0 radical (unpaired) electrons. The lowest BCUT2D eigenvalue weighted by molar-refractivity contribution is -0.144. The van der Waals surface area contributed by atoms with Crippen molar-refractivity contribution >= 4 is 27.3 Å². The zero-order valence-electron chi connectivity index (χ0n) is 10.8. The van der Waals surface area contributed by atoms with Crippen LogP contribution in [0.2, 0.25) is 0 Å². The fraction of sp³-hybridized carbons (Fsp3) is 0.600. The first kappa shape index (κ1) is 15.9. The fourth-order valence-corrected chi connectivity index (χ4v) is 4.50. The Hall–Kier alpha value is -1.19. The van der Waals surface area contributed by atoms with E-state index in [1.54, 1.807) is 13.8 Å². The Labute approximate surface area is 114 Å². The van der Waals surface area contributed by atoms with Gasteiger partial charge >= 0.3 is 10.8 Å². The Bertz CT molecular complexity index is 625. The first-order chi connectivity index (χ1) is 8.68. The van der Waals surface area contributed by atoms with Gasteiger partial charge in [0, 0.05) is 5.69 Å². The van der Waals surface area contributed by atoms with Gasteiger partial charge in [-0.15, -0.1) is 0 Å². The Morgan fingerprint density at radius 1 is 1.42 bits per heavy atom. The second-order valence-corrected chi connectivity index (χ2v) is 6.99. The van der Waals surface area contributed by atoms with Gasteiger partial charge in [-0.05, 0) is 19.8 Å². The fourth-order valence-electron chi connectivity index (χ4n) is 1.69. The van der Waals surface area contributed by atoms with Crippen molar-refractivity contribution in [3.8, 4) is 0 Å². The molecule has 0 aromatic carbocycles. The van der Waals surface area contributed by atoms with Crippen LogP contribution in [0.25, 0.3) is 0 Å². The van der Waals surface area contributed by atoms with E-state index in [1.165, 1.54) is 6.92 Å². The maximum atomic E-state index is 12.2. The zero-order valence-corrected chi connectivity index (χ0v) is 12.4. The average molecular weight is 308 g/mol. The highest BCUT2D eigenvalue weighted by molar-refractivity contribution is 7.91. The van der Waals surface area contributed by atoms with Gasteiger partial charge in [0.05, 0.1) is 0 Å². The molecule has 19 heavy (non-hydrogen) atoms. The summed E-state index contributed by atoms with van der Waals surface area (Å²) >= 11 is 0.540. The molecule has 0 atom stereocenters. The lowest BCUT2D eigenvalue weighted by Gasteiger charge is -2.27. The molecule has 0 aliphatic heterocycles. The summed E-state index contributed by atoms with van der Waals surface area (Å²) < 4.78 is 26.4. The number of aryl methyl sites for hydroxylation is 1. The molecule has 108 valence electrons. The highest BCUT2D eigenvalue weighted by atomic mass is 32.2. The molecule has 0 fully saturated rings. The van der Waals surface area contributed by atoms with Crippen LogP contribution >= 0.6 is 11.3 Å². The number of nitrogens with one attached hydrogen (secondary N) is 2. The minimum Gasteiger partial charge on any atom is -0.480 e. The molecule has 1 aromatic heterocycles. The van der Waals surface area contributed by atoms with Gasteiger partial charge in [-0.3, -0.25) is 9.59 Å². The van der Waals surface area contributed by atoms with Gasteiger partial charge in [0.25, 0.3) is 10.0 Å². The topological polar surface area (TPSA) is 116 Å². The predicted octanol–water partition coefficient (Wildman–Crippen LogP) is 0.667. The molecule has 0 amide bonds. The van der Waals surface area contributed by atoms with Crippen molar-refractivity contribution in [1.82, 2.24) is 9.71 Å². The molecule has 0 aliphatic rings. The van der Waals surface area contributed by atoms with Gasteiger partial charge in [-0.2, -0.15) is 4.72 Å². The lowest BCUT2D eigenvalue weighted by atomic mass is 9.95. The van der Waals surface area contributed by atoms with E-state index in [4.69, 9.17) is 0 Å². The van der Waals surface area contributed by atoms with Crippen LogP contribution in [0.1, 0.15) is 32.4 Å². The number of sulfonamides is 1. The van der Waals surface area contributed by atoms with Crippen LogP contribution in [0.15, 0.2) is 9.00 Å². The van der Waals surface area contributed by atoms with E-state index < -0.39 is 26.4 Å². The first-order valence-corrected chi connectivity index (χ1v) is 7.95. The summed E-state index contributed by atoms with van der Waals surface area (Å²) in [5.41, 5.74) is -1.35. The number of carboxylic acid groups (broad SMARTS) is 1. The van der Waals surface area contributed by atoms with Gasteiger partial charge in [-0.1, -0.05) is 25.2 Å². The van der Waals surface area contributed by atoms with Crippen molar-refractivity contribution in [2.75, 3.05) is 0 Å². The highest BCUT2D eigenvalue weighted by Gasteiger charge is 2.40. The van der Waals surface area contributed by atoms with E-state index in [1.807, 2.05) is 0 Å². The van der Waals surface area contributed by atoms with E-state index in [0.29, 0.717) is 11.3 Å². The molecule has 1 rings (SSSR count). The third kappa shape index (κ3) is 3.04. The van der Waals surface area contributed by atoms with Gasteiger partial charge in [0.15, 0.2) is 4.21 Å². The number of aromatic amines is 1. The van der Waals surface area contributed by atoms with Gasteiger partial charge in [0.1, 0.15) is 5.54 Å². The van der Waals surface area contributed by atoms with Crippen LogP contribution < -0.4 is 9.60 Å². The number of carbonyl (C=O) groups is 1. The monoisotopic (exact) mass is 308 g/mol. The number of hydrogen-bond donors (Lipinski definition) is 3. The molecule has 1 aromatic rings. The van der Waals surface area contributed by atoms with Gasteiger partial charge < -0.3 is 10.1 Å². The number of aromatic nitrogens is 1. The van der Waals surface area contributed by atoms with Crippen LogP contribution in [0.3, 0.4) is 0 Å². The number of thiazole rings is 1. The molecule has 9 heteroatoms. The maximum Gasteiger partial charge on any atom is 0.324 e.